The van der Waals surface area contributed by atoms with E-state index in [4.69, 9.17) is 29.0 Å². The van der Waals surface area contributed by atoms with Crippen molar-refractivity contribution in [3.63, 3.8) is 0 Å². The van der Waals surface area contributed by atoms with E-state index in [0.29, 0.717) is 12.8 Å². The van der Waals surface area contributed by atoms with Gasteiger partial charge in [-0.2, -0.15) is 9.29 Å². The Morgan fingerprint density at radius 2 is 1.28 bits per heavy atom. The zero-order valence-electron chi connectivity index (χ0n) is 42.0. The lowest BCUT2D eigenvalue weighted by atomic mass is 10.0. The third kappa shape index (κ3) is 30.9. The summed E-state index contributed by atoms with van der Waals surface area (Å²) in [5, 5.41) is 20.9. The van der Waals surface area contributed by atoms with Gasteiger partial charge in [0.15, 0.2) is 18.1 Å². The SMILES string of the molecule is CCCCC/C=C\C/C=C\C/C=C\C=C\C(=O)CCCC(=O)O[C@H](COC(=O)CCCCCCCCCCCCCCCCC)COP(=O)(O)OP(=O)(O)OC[C@H]1O[C@@H](n2ccc(N)nc2=O)[C@H](O)[C@@H]1O. The Kier molecular flexibility index (Phi) is 34.0. The van der Waals surface area contributed by atoms with Gasteiger partial charge < -0.3 is 39.9 Å². The number of phosphoric ester groups is 2. The van der Waals surface area contributed by atoms with Gasteiger partial charge in [-0.3, -0.25) is 28.0 Å². The number of phosphoric acid groups is 2. The molecule has 0 saturated carbocycles. The van der Waals surface area contributed by atoms with Crippen molar-refractivity contribution in [3.8, 4) is 0 Å². The van der Waals surface area contributed by atoms with Crippen LogP contribution in [0.1, 0.15) is 181 Å². The summed E-state index contributed by atoms with van der Waals surface area (Å²) < 4.78 is 56.5. The standard InChI is InChI=1S/C50H83N3O16P2/c1-3-5-7-9-11-13-15-17-18-20-22-24-26-28-30-34-45(55)64-38-42(67-46(56)35-31-33-41(54)32-29-27-25-23-21-19-16-14-12-10-8-6-4-2)39-65-70(60,61)69-71(62,63)66-40-43-47(57)48(58)49(68-43)53-37-36-44(51)52-50(53)59/h12,14,19,21,25,27,29,32,36-37,42-43,47-49,57-58H,3-11,13,15-18,20,22-24,26,28,30-31,33-35,38-40H2,1-2H3,(H,60,61)(H,62,63)(H2,51,52,59)/b14-12-,21-19-,27-25-,32-29+/t42-,43-,47-,48-,49-/m1/s1. The number of aliphatic hydroxyl groups is 2. The van der Waals surface area contributed by atoms with Crippen molar-refractivity contribution < 1.29 is 71.1 Å². The number of ketones is 1. The molecular weight excluding hydrogens is 961 g/mol. The summed E-state index contributed by atoms with van der Waals surface area (Å²) in [4.78, 5) is 74.3. The molecule has 7 atom stereocenters. The first kappa shape index (κ1) is 63.5. The van der Waals surface area contributed by atoms with E-state index in [1.54, 1.807) is 12.2 Å². The van der Waals surface area contributed by atoms with Crippen LogP contribution in [0.4, 0.5) is 5.82 Å². The fourth-order valence-electron chi connectivity index (χ4n) is 7.38. The minimum absolute atomic E-state index is 0.0183. The average molecular weight is 1040 g/mol. The number of rotatable bonds is 42. The van der Waals surface area contributed by atoms with Gasteiger partial charge in [-0.15, -0.1) is 0 Å². The Labute approximate surface area is 420 Å². The molecule has 0 amide bonds. The second-order valence-electron chi connectivity index (χ2n) is 17.7. The Balaban J connectivity index is 1.86. The highest BCUT2D eigenvalue weighted by atomic mass is 31.3. The van der Waals surface area contributed by atoms with E-state index in [0.717, 1.165) is 49.3 Å². The Morgan fingerprint density at radius 3 is 1.92 bits per heavy atom. The summed E-state index contributed by atoms with van der Waals surface area (Å²) in [5.41, 5.74) is 4.57. The monoisotopic (exact) mass is 1040 g/mol. The molecule has 71 heavy (non-hydrogen) atoms. The van der Waals surface area contributed by atoms with Crippen LogP contribution in [0.3, 0.4) is 0 Å². The highest BCUT2D eigenvalue weighted by Gasteiger charge is 2.46. The third-order valence-electron chi connectivity index (χ3n) is 11.4. The summed E-state index contributed by atoms with van der Waals surface area (Å²) >= 11 is 0. The number of carbonyl (C=O) groups excluding carboxylic acids is 3. The maximum absolute atomic E-state index is 12.8. The number of anilines is 1. The Morgan fingerprint density at radius 1 is 0.718 bits per heavy atom. The van der Waals surface area contributed by atoms with E-state index in [-0.39, 0.29) is 37.3 Å². The van der Waals surface area contributed by atoms with Crippen LogP contribution in [0.2, 0.25) is 0 Å². The van der Waals surface area contributed by atoms with Crippen molar-refractivity contribution in [2.45, 2.75) is 205 Å². The minimum atomic E-state index is -5.48. The molecule has 21 heteroatoms. The van der Waals surface area contributed by atoms with Crippen LogP contribution < -0.4 is 11.4 Å². The van der Waals surface area contributed by atoms with Gasteiger partial charge in [-0.25, -0.2) is 13.9 Å². The Hall–Kier alpha value is -3.61. The molecule has 2 rings (SSSR count). The molecule has 0 radical (unpaired) electrons. The second kappa shape index (κ2) is 38.0. The molecule has 1 saturated heterocycles. The van der Waals surface area contributed by atoms with E-state index < -0.39 is 83.7 Å². The maximum Gasteiger partial charge on any atom is 0.481 e. The number of allylic oxidation sites excluding steroid dienone is 8. The lowest BCUT2D eigenvalue weighted by molar-refractivity contribution is -0.161. The van der Waals surface area contributed by atoms with Crippen LogP contribution in [-0.4, -0.2) is 91.5 Å². The number of carbonyl (C=O) groups is 3. The van der Waals surface area contributed by atoms with Crippen LogP contribution in [0.15, 0.2) is 65.7 Å². The van der Waals surface area contributed by atoms with Crippen LogP contribution >= 0.6 is 15.6 Å². The molecule has 1 aromatic rings. The smallest absolute Gasteiger partial charge is 0.462 e. The average Bonchev–Trinajstić information content (AvgIpc) is 3.60. The van der Waals surface area contributed by atoms with Crippen LogP contribution in [0, 0.1) is 0 Å². The molecule has 1 fully saturated rings. The summed E-state index contributed by atoms with van der Waals surface area (Å²) in [6.45, 7) is 1.90. The van der Waals surface area contributed by atoms with Crippen molar-refractivity contribution in [2.24, 2.45) is 0 Å². The van der Waals surface area contributed by atoms with Crippen LogP contribution in [0.5, 0.6) is 0 Å². The number of nitrogen functional groups attached to an aromatic ring is 1. The predicted octanol–water partition coefficient (Wildman–Crippen LogP) is 9.74. The highest BCUT2D eigenvalue weighted by Crippen LogP contribution is 2.60. The van der Waals surface area contributed by atoms with Crippen molar-refractivity contribution in [1.82, 2.24) is 9.55 Å². The third-order valence-corrected chi connectivity index (χ3v) is 14.0. The largest absolute Gasteiger partial charge is 0.481 e. The van der Waals surface area contributed by atoms with Gasteiger partial charge in [-0.1, -0.05) is 159 Å². The molecule has 0 spiro atoms. The van der Waals surface area contributed by atoms with Gasteiger partial charge >= 0.3 is 33.3 Å². The van der Waals surface area contributed by atoms with Gasteiger partial charge in [0.1, 0.15) is 30.7 Å². The van der Waals surface area contributed by atoms with Crippen molar-refractivity contribution >= 4 is 39.2 Å². The lowest BCUT2D eigenvalue weighted by Gasteiger charge is -2.21. The zero-order valence-corrected chi connectivity index (χ0v) is 43.8. The number of nitrogens with two attached hydrogens (primary N) is 1. The van der Waals surface area contributed by atoms with E-state index in [9.17, 15) is 48.3 Å². The minimum Gasteiger partial charge on any atom is -0.462 e. The maximum atomic E-state index is 12.8. The molecule has 2 heterocycles. The second-order valence-corrected chi connectivity index (χ2v) is 20.8. The number of hydrogen-bond donors (Lipinski definition) is 5. The number of ether oxygens (including phenoxy) is 3. The molecule has 1 aliphatic heterocycles. The zero-order chi connectivity index (χ0) is 52.2. The van der Waals surface area contributed by atoms with Crippen molar-refractivity contribution in [2.75, 3.05) is 25.6 Å². The fourth-order valence-corrected chi connectivity index (χ4v) is 9.49. The summed E-state index contributed by atoms with van der Waals surface area (Å²) in [5.74, 6) is -1.79. The molecular formula is C50H83N3O16P2. The predicted molar refractivity (Wildman–Crippen MR) is 271 cm³/mol. The molecule has 0 aromatic carbocycles. The summed E-state index contributed by atoms with van der Waals surface area (Å²) in [7, 11) is -11.0. The van der Waals surface area contributed by atoms with E-state index >= 15 is 0 Å². The lowest BCUT2D eigenvalue weighted by Crippen LogP contribution is -2.36. The van der Waals surface area contributed by atoms with Crippen LogP contribution in [0.25, 0.3) is 0 Å². The number of nitrogens with zero attached hydrogens (tertiary/aromatic N) is 2. The number of hydrogen-bond acceptors (Lipinski definition) is 16. The molecule has 0 bridgehead atoms. The molecule has 19 nitrogen and oxygen atoms in total. The first-order valence-electron chi connectivity index (χ1n) is 25.6. The van der Waals surface area contributed by atoms with Gasteiger partial charge in [0.25, 0.3) is 0 Å². The molecule has 0 aliphatic carbocycles. The van der Waals surface area contributed by atoms with E-state index in [2.05, 4.69) is 41.4 Å². The number of unbranched alkanes of at least 4 members (excludes halogenated alkanes) is 17. The van der Waals surface area contributed by atoms with E-state index in [1.807, 2.05) is 12.2 Å². The molecule has 1 aliphatic rings. The van der Waals surface area contributed by atoms with E-state index in [1.165, 1.54) is 95.6 Å². The molecule has 404 valence electrons. The fraction of sp³-hybridized carbons (Fsp3) is 0.700. The molecule has 6 N–H and O–H groups in total. The first-order chi connectivity index (χ1) is 34.1. The number of aliphatic hydroxyl groups excluding tert-OH is 2. The van der Waals surface area contributed by atoms with Gasteiger partial charge in [0.05, 0.1) is 13.2 Å². The Bertz CT molecular complexity index is 1940. The topological polar surface area (TPSA) is 283 Å². The highest BCUT2D eigenvalue weighted by molar-refractivity contribution is 7.61. The van der Waals surface area contributed by atoms with Gasteiger partial charge in [0, 0.05) is 25.5 Å². The first-order valence-corrected chi connectivity index (χ1v) is 28.6. The number of esters is 2. The van der Waals surface area contributed by atoms with Crippen LogP contribution in [-0.2, 0) is 51.1 Å². The summed E-state index contributed by atoms with van der Waals surface area (Å²) in [6, 6.07) is 1.23. The number of aromatic nitrogens is 2. The van der Waals surface area contributed by atoms with Crippen molar-refractivity contribution in [1.29, 1.82) is 0 Å². The van der Waals surface area contributed by atoms with Gasteiger partial charge in [-0.05, 0) is 50.7 Å². The normalized spacial score (nSPS) is 19.5. The quantitative estimate of drug-likeness (QED) is 0.0102. The van der Waals surface area contributed by atoms with Crippen molar-refractivity contribution in [3.05, 3.63) is 71.4 Å². The van der Waals surface area contributed by atoms with Gasteiger partial charge in [0.2, 0.25) is 0 Å². The summed E-state index contributed by atoms with van der Waals surface area (Å²) in [6.07, 6.45) is 32.0. The molecule has 1 aromatic heterocycles. The molecule has 2 unspecified atom stereocenters.